The second kappa shape index (κ2) is 6.31. The third-order valence-corrected chi connectivity index (χ3v) is 4.06. The summed E-state index contributed by atoms with van der Waals surface area (Å²) in [5.41, 5.74) is 5.02. The molecule has 1 atom stereocenters. The van der Waals surface area contributed by atoms with E-state index < -0.39 is 0 Å². The SMILES string of the molecule is CCc1nn(CC)c(CC(NN)c2ncc[nH]2)c1Br. The molecule has 7 heteroatoms. The Morgan fingerprint density at radius 2 is 2.32 bits per heavy atom. The fourth-order valence-electron chi connectivity index (χ4n) is 2.11. The molecule has 0 saturated carbocycles. The maximum Gasteiger partial charge on any atom is 0.124 e. The van der Waals surface area contributed by atoms with Crippen molar-refractivity contribution in [2.75, 3.05) is 0 Å². The summed E-state index contributed by atoms with van der Waals surface area (Å²) in [6.07, 6.45) is 5.15. The molecule has 19 heavy (non-hydrogen) atoms. The van der Waals surface area contributed by atoms with Gasteiger partial charge in [0.25, 0.3) is 0 Å². The Balaban J connectivity index is 2.29. The Hall–Kier alpha value is -1.18. The molecule has 1 unspecified atom stereocenters. The molecular weight excluding hydrogens is 308 g/mol. The summed E-state index contributed by atoms with van der Waals surface area (Å²) < 4.78 is 3.08. The van der Waals surface area contributed by atoms with Crippen LogP contribution in [0.5, 0.6) is 0 Å². The summed E-state index contributed by atoms with van der Waals surface area (Å²) in [7, 11) is 0. The molecule has 0 aliphatic carbocycles. The predicted octanol–water partition coefficient (Wildman–Crippen LogP) is 1.70. The van der Waals surface area contributed by atoms with Crippen molar-refractivity contribution in [1.82, 2.24) is 25.2 Å². The number of aromatic nitrogens is 4. The largest absolute Gasteiger partial charge is 0.347 e. The molecule has 2 heterocycles. The van der Waals surface area contributed by atoms with Gasteiger partial charge in [0.2, 0.25) is 0 Å². The van der Waals surface area contributed by atoms with Crippen LogP contribution >= 0.6 is 15.9 Å². The second-order valence-electron chi connectivity index (χ2n) is 4.27. The van der Waals surface area contributed by atoms with E-state index in [9.17, 15) is 0 Å². The summed E-state index contributed by atoms with van der Waals surface area (Å²) in [5.74, 6) is 6.47. The van der Waals surface area contributed by atoms with Crippen molar-refractivity contribution in [3.8, 4) is 0 Å². The molecule has 6 nitrogen and oxygen atoms in total. The highest BCUT2D eigenvalue weighted by Gasteiger charge is 2.20. The molecule has 0 aromatic carbocycles. The lowest BCUT2D eigenvalue weighted by Crippen LogP contribution is -2.31. The lowest BCUT2D eigenvalue weighted by Gasteiger charge is -2.14. The van der Waals surface area contributed by atoms with Gasteiger partial charge >= 0.3 is 0 Å². The van der Waals surface area contributed by atoms with Crippen LogP contribution in [0.3, 0.4) is 0 Å². The van der Waals surface area contributed by atoms with E-state index in [-0.39, 0.29) is 6.04 Å². The van der Waals surface area contributed by atoms with Crippen molar-refractivity contribution in [2.45, 2.75) is 39.3 Å². The average molecular weight is 327 g/mol. The van der Waals surface area contributed by atoms with Crippen LogP contribution in [0, 0.1) is 0 Å². The molecule has 0 saturated heterocycles. The molecule has 0 spiro atoms. The van der Waals surface area contributed by atoms with Gasteiger partial charge in [-0.2, -0.15) is 5.10 Å². The van der Waals surface area contributed by atoms with E-state index in [0.717, 1.165) is 41.1 Å². The topological polar surface area (TPSA) is 84.6 Å². The van der Waals surface area contributed by atoms with Crippen molar-refractivity contribution in [3.05, 3.63) is 34.1 Å². The molecule has 0 amide bonds. The molecule has 0 aliphatic rings. The Bertz CT molecular complexity index is 519. The fraction of sp³-hybridized carbons (Fsp3) is 0.500. The number of nitrogens with one attached hydrogen (secondary N) is 2. The summed E-state index contributed by atoms with van der Waals surface area (Å²) in [4.78, 5) is 7.34. The Morgan fingerprint density at radius 1 is 1.53 bits per heavy atom. The van der Waals surface area contributed by atoms with Gasteiger partial charge in [-0.05, 0) is 29.3 Å². The van der Waals surface area contributed by atoms with E-state index >= 15 is 0 Å². The maximum absolute atomic E-state index is 5.64. The number of nitrogens with zero attached hydrogens (tertiary/aromatic N) is 3. The molecule has 0 radical (unpaired) electrons. The maximum atomic E-state index is 5.64. The standard InChI is InChI=1S/C12H19BrN6/c1-3-8-11(13)10(19(4-2)18-8)7-9(17-14)12-15-5-6-16-12/h5-6,9,17H,3-4,7,14H2,1-2H3,(H,15,16). The average Bonchev–Trinajstić information content (AvgIpc) is 3.04. The van der Waals surface area contributed by atoms with E-state index in [4.69, 9.17) is 5.84 Å². The summed E-state index contributed by atoms with van der Waals surface area (Å²) in [5, 5.41) is 4.59. The van der Waals surface area contributed by atoms with Crippen LogP contribution in [-0.4, -0.2) is 19.7 Å². The van der Waals surface area contributed by atoms with Gasteiger partial charge in [0.15, 0.2) is 0 Å². The Morgan fingerprint density at radius 3 is 2.84 bits per heavy atom. The van der Waals surface area contributed by atoms with Gasteiger partial charge in [0, 0.05) is 25.4 Å². The van der Waals surface area contributed by atoms with Gasteiger partial charge in [-0.3, -0.25) is 10.5 Å². The Labute approximate surface area is 120 Å². The zero-order valence-corrected chi connectivity index (χ0v) is 12.7. The van der Waals surface area contributed by atoms with E-state index in [2.05, 4.69) is 50.3 Å². The Kier molecular flexibility index (Phi) is 4.73. The molecular formula is C12H19BrN6. The summed E-state index contributed by atoms with van der Waals surface area (Å²) >= 11 is 3.64. The van der Waals surface area contributed by atoms with E-state index in [1.807, 2.05) is 4.68 Å². The second-order valence-corrected chi connectivity index (χ2v) is 5.07. The first-order chi connectivity index (χ1) is 9.21. The van der Waals surface area contributed by atoms with Crippen LogP contribution < -0.4 is 11.3 Å². The zero-order valence-electron chi connectivity index (χ0n) is 11.2. The number of nitrogens with two attached hydrogens (primary N) is 1. The molecule has 104 valence electrons. The fourth-order valence-corrected chi connectivity index (χ4v) is 2.83. The first kappa shape index (κ1) is 14.2. The quantitative estimate of drug-likeness (QED) is 0.557. The highest BCUT2D eigenvalue weighted by molar-refractivity contribution is 9.10. The summed E-state index contributed by atoms with van der Waals surface area (Å²) in [6, 6.07) is -0.0574. The number of aromatic amines is 1. The van der Waals surface area contributed by atoms with Crippen LogP contribution in [0.2, 0.25) is 0 Å². The number of imidazole rings is 1. The lowest BCUT2D eigenvalue weighted by atomic mass is 10.1. The van der Waals surface area contributed by atoms with Crippen molar-refractivity contribution < 1.29 is 0 Å². The molecule has 0 bridgehead atoms. The van der Waals surface area contributed by atoms with Crippen LogP contribution in [-0.2, 0) is 19.4 Å². The number of rotatable bonds is 6. The van der Waals surface area contributed by atoms with Gasteiger partial charge < -0.3 is 4.98 Å². The number of hydrazine groups is 1. The van der Waals surface area contributed by atoms with Gasteiger partial charge in [0.05, 0.1) is 21.9 Å². The van der Waals surface area contributed by atoms with Crippen molar-refractivity contribution in [3.63, 3.8) is 0 Å². The van der Waals surface area contributed by atoms with Gasteiger partial charge in [-0.1, -0.05) is 6.92 Å². The number of H-pyrrole nitrogens is 1. The molecule has 2 aromatic rings. The highest BCUT2D eigenvalue weighted by Crippen LogP contribution is 2.26. The number of hydrogen-bond acceptors (Lipinski definition) is 4. The van der Waals surface area contributed by atoms with Gasteiger partial charge in [0.1, 0.15) is 5.82 Å². The molecule has 2 aromatic heterocycles. The minimum atomic E-state index is -0.0574. The molecule has 2 rings (SSSR count). The third-order valence-electron chi connectivity index (χ3n) is 3.14. The predicted molar refractivity (Wildman–Crippen MR) is 77.3 cm³/mol. The summed E-state index contributed by atoms with van der Waals surface area (Å²) in [6.45, 7) is 5.02. The number of aryl methyl sites for hydroxylation is 2. The highest BCUT2D eigenvalue weighted by atomic mass is 79.9. The van der Waals surface area contributed by atoms with E-state index in [1.165, 1.54) is 0 Å². The first-order valence-electron chi connectivity index (χ1n) is 6.40. The smallest absolute Gasteiger partial charge is 0.124 e. The van der Waals surface area contributed by atoms with Gasteiger partial charge in [-0.25, -0.2) is 10.4 Å². The first-order valence-corrected chi connectivity index (χ1v) is 7.19. The number of hydrogen-bond donors (Lipinski definition) is 3. The van der Waals surface area contributed by atoms with Gasteiger partial charge in [-0.15, -0.1) is 0 Å². The van der Waals surface area contributed by atoms with E-state index in [0.29, 0.717) is 0 Å². The van der Waals surface area contributed by atoms with Crippen molar-refractivity contribution >= 4 is 15.9 Å². The lowest BCUT2D eigenvalue weighted by molar-refractivity contribution is 0.498. The third kappa shape index (κ3) is 2.88. The number of halogens is 1. The zero-order chi connectivity index (χ0) is 13.8. The minimum absolute atomic E-state index is 0.0574. The van der Waals surface area contributed by atoms with E-state index in [1.54, 1.807) is 12.4 Å². The van der Waals surface area contributed by atoms with Crippen molar-refractivity contribution in [1.29, 1.82) is 0 Å². The monoisotopic (exact) mass is 326 g/mol. The molecule has 0 fully saturated rings. The minimum Gasteiger partial charge on any atom is -0.347 e. The van der Waals surface area contributed by atoms with Crippen LogP contribution in [0.25, 0.3) is 0 Å². The normalized spacial score (nSPS) is 12.8. The van der Waals surface area contributed by atoms with Crippen LogP contribution in [0.15, 0.2) is 16.9 Å². The molecule has 4 N–H and O–H groups in total. The van der Waals surface area contributed by atoms with Crippen molar-refractivity contribution in [2.24, 2.45) is 5.84 Å². The van der Waals surface area contributed by atoms with Crippen LogP contribution in [0.1, 0.15) is 37.1 Å². The van der Waals surface area contributed by atoms with Crippen LogP contribution in [0.4, 0.5) is 0 Å². The molecule has 0 aliphatic heterocycles.